The van der Waals surface area contributed by atoms with Crippen molar-refractivity contribution < 1.29 is 14.8 Å². The monoisotopic (exact) mass is 203 g/mol. The number of hydrogen-bond acceptors (Lipinski definition) is 2. The molecule has 0 aromatic rings. The second kappa shape index (κ2) is 6.79. The number of aliphatic carboxylic acids is 1. The van der Waals surface area contributed by atoms with Crippen LogP contribution in [0.5, 0.6) is 0 Å². The SMILES string of the molecule is CN(C)[C@@H](CCCC[NH+](C)C)C(=O)O. The molecule has 0 aliphatic heterocycles. The summed E-state index contributed by atoms with van der Waals surface area (Å²) in [4.78, 5) is 14.0. The van der Waals surface area contributed by atoms with Crippen molar-refractivity contribution in [3.8, 4) is 0 Å². The van der Waals surface area contributed by atoms with Crippen LogP contribution in [0, 0.1) is 0 Å². The number of rotatable bonds is 7. The maximum atomic E-state index is 10.8. The van der Waals surface area contributed by atoms with Crippen LogP contribution in [0.15, 0.2) is 0 Å². The average Bonchev–Trinajstić information content (AvgIpc) is 2.01. The maximum Gasteiger partial charge on any atom is 0.320 e. The fourth-order valence-corrected chi connectivity index (χ4v) is 1.42. The Kier molecular flexibility index (Phi) is 6.49. The van der Waals surface area contributed by atoms with Gasteiger partial charge in [0.25, 0.3) is 0 Å². The molecular weight excluding hydrogens is 180 g/mol. The summed E-state index contributed by atoms with van der Waals surface area (Å²) in [5.41, 5.74) is 0. The van der Waals surface area contributed by atoms with Crippen molar-refractivity contribution in [3.05, 3.63) is 0 Å². The van der Waals surface area contributed by atoms with E-state index in [4.69, 9.17) is 5.11 Å². The number of carboxylic acids is 1. The molecule has 84 valence electrons. The zero-order valence-corrected chi connectivity index (χ0v) is 9.71. The van der Waals surface area contributed by atoms with E-state index in [1.54, 1.807) is 4.90 Å². The topological polar surface area (TPSA) is 45.0 Å². The first-order valence-corrected chi connectivity index (χ1v) is 5.13. The molecule has 0 aromatic heterocycles. The standard InChI is InChI=1S/C10H22N2O2/c1-11(2)8-6-5-7-9(10(13)14)12(3)4/h9H,5-8H2,1-4H3,(H,13,14)/p+1/t9-/m0/s1. The quantitative estimate of drug-likeness (QED) is 0.539. The summed E-state index contributed by atoms with van der Waals surface area (Å²) in [5, 5.41) is 8.91. The molecule has 0 aliphatic rings. The van der Waals surface area contributed by atoms with E-state index in [1.807, 2.05) is 14.1 Å². The lowest BCUT2D eigenvalue weighted by Crippen LogP contribution is -3.05. The van der Waals surface area contributed by atoms with E-state index in [9.17, 15) is 4.79 Å². The van der Waals surface area contributed by atoms with Crippen LogP contribution < -0.4 is 4.90 Å². The van der Waals surface area contributed by atoms with Gasteiger partial charge in [-0.3, -0.25) is 9.69 Å². The number of unbranched alkanes of at least 4 members (excludes halogenated alkanes) is 1. The van der Waals surface area contributed by atoms with Gasteiger partial charge in [-0.1, -0.05) is 0 Å². The molecule has 0 amide bonds. The molecule has 0 spiro atoms. The van der Waals surface area contributed by atoms with Crippen LogP contribution in [0.4, 0.5) is 0 Å². The minimum atomic E-state index is -0.716. The predicted molar refractivity (Wildman–Crippen MR) is 56.6 cm³/mol. The third-order valence-corrected chi connectivity index (χ3v) is 2.31. The largest absolute Gasteiger partial charge is 0.480 e. The highest BCUT2D eigenvalue weighted by atomic mass is 16.4. The predicted octanol–water partition coefficient (Wildman–Crippen LogP) is -0.684. The first-order valence-electron chi connectivity index (χ1n) is 5.13. The van der Waals surface area contributed by atoms with Crippen LogP contribution in [0.25, 0.3) is 0 Å². The number of hydrogen-bond donors (Lipinski definition) is 2. The molecule has 14 heavy (non-hydrogen) atoms. The summed E-state index contributed by atoms with van der Waals surface area (Å²) < 4.78 is 0. The summed E-state index contributed by atoms with van der Waals surface area (Å²) in [6, 6.07) is -0.327. The lowest BCUT2D eigenvalue weighted by atomic mass is 10.1. The number of quaternary nitrogens is 1. The van der Waals surface area contributed by atoms with Gasteiger partial charge in [0.05, 0.1) is 20.6 Å². The average molecular weight is 203 g/mol. The molecule has 0 fully saturated rings. The molecule has 1 atom stereocenters. The van der Waals surface area contributed by atoms with Crippen LogP contribution >= 0.6 is 0 Å². The van der Waals surface area contributed by atoms with Crippen molar-refractivity contribution >= 4 is 5.97 Å². The van der Waals surface area contributed by atoms with Crippen LogP contribution in [0.3, 0.4) is 0 Å². The molecule has 0 aromatic carbocycles. The molecule has 0 unspecified atom stereocenters. The van der Waals surface area contributed by atoms with E-state index in [-0.39, 0.29) is 6.04 Å². The first-order chi connectivity index (χ1) is 6.45. The first kappa shape index (κ1) is 13.4. The molecular formula is C10H23N2O2+. The molecule has 4 heteroatoms. The molecule has 0 saturated heterocycles. The van der Waals surface area contributed by atoms with Crippen molar-refractivity contribution in [3.63, 3.8) is 0 Å². The molecule has 0 bridgehead atoms. The third-order valence-electron chi connectivity index (χ3n) is 2.31. The van der Waals surface area contributed by atoms with E-state index in [0.29, 0.717) is 0 Å². The molecule has 2 N–H and O–H groups in total. The zero-order valence-electron chi connectivity index (χ0n) is 9.71. The van der Waals surface area contributed by atoms with Crippen molar-refractivity contribution in [2.45, 2.75) is 25.3 Å². The summed E-state index contributed by atoms with van der Waals surface area (Å²) in [6.45, 7) is 1.11. The van der Waals surface area contributed by atoms with Gasteiger partial charge < -0.3 is 10.0 Å². The smallest absolute Gasteiger partial charge is 0.320 e. The van der Waals surface area contributed by atoms with Gasteiger partial charge >= 0.3 is 5.97 Å². The van der Waals surface area contributed by atoms with Crippen LogP contribution in [-0.2, 0) is 4.79 Å². The molecule has 0 heterocycles. The fourth-order valence-electron chi connectivity index (χ4n) is 1.42. The maximum absolute atomic E-state index is 10.8. The Hall–Kier alpha value is -0.610. The summed E-state index contributed by atoms with van der Waals surface area (Å²) in [6.07, 6.45) is 2.83. The highest BCUT2D eigenvalue weighted by Crippen LogP contribution is 2.05. The Labute approximate surface area is 86.5 Å². The zero-order chi connectivity index (χ0) is 11.1. The Bertz CT molecular complexity index is 170. The minimum Gasteiger partial charge on any atom is -0.480 e. The Morgan fingerprint density at radius 3 is 2.29 bits per heavy atom. The molecule has 0 radical (unpaired) electrons. The fraction of sp³-hybridized carbons (Fsp3) is 0.900. The minimum absolute atomic E-state index is 0.327. The van der Waals surface area contributed by atoms with Crippen LogP contribution in [0.2, 0.25) is 0 Å². The van der Waals surface area contributed by atoms with Crippen molar-refractivity contribution in [2.75, 3.05) is 34.7 Å². The van der Waals surface area contributed by atoms with Gasteiger partial charge in [-0.15, -0.1) is 0 Å². The lowest BCUT2D eigenvalue weighted by molar-refractivity contribution is -0.858. The van der Waals surface area contributed by atoms with Crippen LogP contribution in [0.1, 0.15) is 19.3 Å². The van der Waals surface area contributed by atoms with E-state index in [0.717, 1.165) is 25.8 Å². The summed E-state index contributed by atoms with van der Waals surface area (Å²) >= 11 is 0. The molecule has 0 rings (SSSR count). The molecule has 0 saturated carbocycles. The highest BCUT2D eigenvalue weighted by Gasteiger charge is 2.18. The second-order valence-corrected chi connectivity index (χ2v) is 4.27. The van der Waals surface area contributed by atoms with Crippen LogP contribution in [-0.4, -0.2) is 56.8 Å². The molecule has 4 nitrogen and oxygen atoms in total. The second-order valence-electron chi connectivity index (χ2n) is 4.27. The number of carboxylic acid groups (broad SMARTS) is 1. The van der Waals surface area contributed by atoms with E-state index < -0.39 is 5.97 Å². The van der Waals surface area contributed by atoms with Crippen molar-refractivity contribution in [1.82, 2.24) is 4.90 Å². The summed E-state index contributed by atoms with van der Waals surface area (Å²) in [7, 11) is 7.85. The van der Waals surface area contributed by atoms with Crippen molar-refractivity contribution in [1.29, 1.82) is 0 Å². The van der Waals surface area contributed by atoms with Gasteiger partial charge in [0.1, 0.15) is 6.04 Å². The number of carbonyl (C=O) groups is 1. The Morgan fingerprint density at radius 2 is 1.93 bits per heavy atom. The number of likely N-dealkylation sites (N-methyl/N-ethyl adjacent to an activating group) is 1. The third kappa shape index (κ3) is 5.94. The van der Waals surface area contributed by atoms with E-state index in [1.165, 1.54) is 4.90 Å². The number of nitrogens with one attached hydrogen (secondary N) is 1. The van der Waals surface area contributed by atoms with Gasteiger partial charge in [0, 0.05) is 0 Å². The van der Waals surface area contributed by atoms with Gasteiger partial charge in [-0.05, 0) is 33.4 Å². The lowest BCUT2D eigenvalue weighted by Gasteiger charge is -2.19. The molecule has 0 aliphatic carbocycles. The highest BCUT2D eigenvalue weighted by molar-refractivity contribution is 5.73. The Morgan fingerprint density at radius 1 is 1.36 bits per heavy atom. The van der Waals surface area contributed by atoms with Gasteiger partial charge in [-0.2, -0.15) is 0 Å². The van der Waals surface area contributed by atoms with E-state index >= 15 is 0 Å². The Balaban J connectivity index is 3.67. The van der Waals surface area contributed by atoms with E-state index in [2.05, 4.69) is 14.1 Å². The summed E-state index contributed by atoms with van der Waals surface area (Å²) in [5.74, 6) is -0.716. The number of nitrogens with zero attached hydrogens (tertiary/aromatic N) is 1. The van der Waals surface area contributed by atoms with Gasteiger partial charge in [0.15, 0.2) is 0 Å². The van der Waals surface area contributed by atoms with Gasteiger partial charge in [-0.25, -0.2) is 0 Å². The normalized spacial score (nSPS) is 13.6. The van der Waals surface area contributed by atoms with Crippen molar-refractivity contribution in [2.24, 2.45) is 0 Å². The van der Waals surface area contributed by atoms with Gasteiger partial charge in [0.2, 0.25) is 0 Å².